The van der Waals surface area contributed by atoms with Gasteiger partial charge in [0, 0.05) is 37.1 Å². The lowest BCUT2D eigenvalue weighted by Crippen LogP contribution is -2.56. The molecule has 2 N–H and O–H groups in total. The Labute approximate surface area is 123 Å². The van der Waals surface area contributed by atoms with Gasteiger partial charge in [-0.15, -0.1) is 0 Å². The van der Waals surface area contributed by atoms with E-state index in [0.29, 0.717) is 30.6 Å². The molecule has 0 saturated carbocycles. The minimum Gasteiger partial charge on any atom is -0.354 e. The number of carbonyl (C=O) groups excluding carboxylic acids is 1. The van der Waals surface area contributed by atoms with E-state index in [1.165, 1.54) is 32.1 Å². The molecule has 0 aromatic carbocycles. The van der Waals surface area contributed by atoms with Crippen LogP contribution in [0.25, 0.3) is 0 Å². The molecule has 116 valence electrons. The quantitative estimate of drug-likeness (QED) is 0.781. The van der Waals surface area contributed by atoms with E-state index in [9.17, 15) is 4.79 Å². The van der Waals surface area contributed by atoms with E-state index in [2.05, 4.69) is 36.4 Å². The summed E-state index contributed by atoms with van der Waals surface area (Å²) in [5.41, 5.74) is 0. The van der Waals surface area contributed by atoms with E-state index in [0.717, 1.165) is 13.0 Å². The minimum absolute atomic E-state index is 0.216. The average Bonchev–Trinajstić information content (AvgIpc) is 2.43. The highest BCUT2D eigenvalue weighted by atomic mass is 16.1. The Morgan fingerprint density at radius 3 is 2.50 bits per heavy atom. The van der Waals surface area contributed by atoms with Crippen molar-refractivity contribution in [2.24, 2.45) is 0 Å². The van der Waals surface area contributed by atoms with Crippen molar-refractivity contribution in [3.8, 4) is 0 Å². The first-order valence-corrected chi connectivity index (χ1v) is 8.36. The number of hydrogen-bond acceptors (Lipinski definition) is 3. The fourth-order valence-corrected chi connectivity index (χ4v) is 3.76. The molecule has 4 nitrogen and oxygen atoms in total. The lowest BCUT2D eigenvalue weighted by atomic mass is 9.81. The van der Waals surface area contributed by atoms with Crippen molar-refractivity contribution in [2.75, 3.05) is 13.6 Å². The molecular weight excluding hydrogens is 250 g/mol. The van der Waals surface area contributed by atoms with Gasteiger partial charge in [-0.05, 0) is 46.1 Å². The van der Waals surface area contributed by atoms with Gasteiger partial charge in [-0.3, -0.25) is 9.69 Å². The summed E-state index contributed by atoms with van der Waals surface area (Å²) in [5.74, 6) is 0.216. The molecule has 2 saturated heterocycles. The van der Waals surface area contributed by atoms with Gasteiger partial charge in [0.1, 0.15) is 0 Å². The lowest BCUT2D eigenvalue weighted by Gasteiger charge is -2.49. The molecule has 2 bridgehead atoms. The molecule has 0 aromatic rings. The van der Waals surface area contributed by atoms with Crippen molar-refractivity contribution in [2.45, 2.75) is 83.0 Å². The first-order valence-electron chi connectivity index (χ1n) is 8.36. The van der Waals surface area contributed by atoms with Crippen LogP contribution in [0.15, 0.2) is 0 Å². The summed E-state index contributed by atoms with van der Waals surface area (Å²) >= 11 is 0. The Morgan fingerprint density at radius 2 is 1.95 bits per heavy atom. The Morgan fingerprint density at radius 1 is 1.30 bits per heavy atom. The summed E-state index contributed by atoms with van der Waals surface area (Å²) in [6.07, 6.45) is 8.14. The molecule has 2 aliphatic heterocycles. The molecule has 2 fully saturated rings. The molecule has 0 aromatic heterocycles. The summed E-state index contributed by atoms with van der Waals surface area (Å²) < 4.78 is 0. The zero-order valence-corrected chi connectivity index (χ0v) is 13.3. The second-order valence-electron chi connectivity index (χ2n) is 6.56. The van der Waals surface area contributed by atoms with Gasteiger partial charge in [0.05, 0.1) is 0 Å². The third-order valence-electron chi connectivity index (χ3n) is 5.15. The van der Waals surface area contributed by atoms with Crippen molar-refractivity contribution >= 4 is 5.91 Å². The Kier molecular flexibility index (Phi) is 5.85. The Balaban J connectivity index is 1.82. The zero-order chi connectivity index (χ0) is 14.5. The second kappa shape index (κ2) is 7.41. The van der Waals surface area contributed by atoms with Crippen molar-refractivity contribution in [1.29, 1.82) is 0 Å². The largest absolute Gasteiger partial charge is 0.354 e. The maximum absolute atomic E-state index is 11.9. The van der Waals surface area contributed by atoms with Crippen LogP contribution in [0.3, 0.4) is 0 Å². The Hall–Kier alpha value is -0.610. The monoisotopic (exact) mass is 281 g/mol. The van der Waals surface area contributed by atoms with E-state index in [1.54, 1.807) is 0 Å². The fraction of sp³-hybridized carbons (Fsp3) is 0.938. The zero-order valence-electron chi connectivity index (χ0n) is 13.3. The topological polar surface area (TPSA) is 44.4 Å². The van der Waals surface area contributed by atoms with Crippen molar-refractivity contribution in [3.63, 3.8) is 0 Å². The maximum Gasteiger partial charge on any atom is 0.221 e. The summed E-state index contributed by atoms with van der Waals surface area (Å²) in [4.78, 5) is 14.6. The third-order valence-corrected chi connectivity index (χ3v) is 5.15. The number of rotatable bonds is 6. The standard InChI is InChI=1S/C16H31N3O/c1-4-12(2)18-16(20)8-9-19-14-6-5-7-15(19)11-13(10-14)17-3/h12-15,17H,4-11H2,1-3H3,(H,18,20). The fourth-order valence-electron chi connectivity index (χ4n) is 3.76. The van der Waals surface area contributed by atoms with E-state index < -0.39 is 0 Å². The van der Waals surface area contributed by atoms with Gasteiger partial charge in [0.25, 0.3) is 0 Å². The van der Waals surface area contributed by atoms with Crippen LogP contribution >= 0.6 is 0 Å². The summed E-state index contributed by atoms with van der Waals surface area (Å²) in [6, 6.07) is 2.36. The highest BCUT2D eigenvalue weighted by molar-refractivity contribution is 5.76. The highest BCUT2D eigenvalue weighted by Gasteiger charge is 2.37. The predicted octanol–water partition coefficient (Wildman–Crippen LogP) is 1.90. The smallest absolute Gasteiger partial charge is 0.221 e. The molecule has 2 aliphatic rings. The van der Waals surface area contributed by atoms with Crippen LogP contribution in [0.4, 0.5) is 0 Å². The molecule has 0 spiro atoms. The summed E-state index contributed by atoms with van der Waals surface area (Å²) in [7, 11) is 2.08. The van der Waals surface area contributed by atoms with Gasteiger partial charge < -0.3 is 10.6 Å². The summed E-state index contributed by atoms with van der Waals surface area (Å²) in [5, 5.41) is 6.52. The maximum atomic E-state index is 11.9. The number of carbonyl (C=O) groups is 1. The van der Waals surface area contributed by atoms with Crippen LogP contribution in [0.5, 0.6) is 0 Å². The molecule has 4 heteroatoms. The van der Waals surface area contributed by atoms with Gasteiger partial charge in [-0.2, -0.15) is 0 Å². The van der Waals surface area contributed by atoms with E-state index in [4.69, 9.17) is 0 Å². The van der Waals surface area contributed by atoms with Crippen LogP contribution in [0, 0.1) is 0 Å². The van der Waals surface area contributed by atoms with Crippen molar-refractivity contribution in [3.05, 3.63) is 0 Å². The molecule has 2 heterocycles. The molecule has 3 atom stereocenters. The third kappa shape index (κ3) is 3.95. The molecule has 2 rings (SSSR count). The number of hydrogen-bond donors (Lipinski definition) is 2. The van der Waals surface area contributed by atoms with Gasteiger partial charge in [-0.25, -0.2) is 0 Å². The van der Waals surface area contributed by atoms with E-state index >= 15 is 0 Å². The van der Waals surface area contributed by atoms with E-state index in [-0.39, 0.29) is 5.91 Å². The van der Waals surface area contributed by atoms with Gasteiger partial charge in [0.2, 0.25) is 5.91 Å². The van der Waals surface area contributed by atoms with Crippen molar-refractivity contribution in [1.82, 2.24) is 15.5 Å². The molecule has 0 aliphatic carbocycles. The van der Waals surface area contributed by atoms with Gasteiger partial charge in [-0.1, -0.05) is 13.3 Å². The van der Waals surface area contributed by atoms with Crippen LogP contribution in [0.1, 0.15) is 58.8 Å². The average molecular weight is 281 g/mol. The van der Waals surface area contributed by atoms with Crippen LogP contribution in [-0.4, -0.2) is 48.6 Å². The van der Waals surface area contributed by atoms with Crippen LogP contribution in [-0.2, 0) is 4.79 Å². The molecule has 20 heavy (non-hydrogen) atoms. The first kappa shape index (κ1) is 15.8. The van der Waals surface area contributed by atoms with Crippen molar-refractivity contribution < 1.29 is 4.79 Å². The van der Waals surface area contributed by atoms with Gasteiger partial charge in [0.15, 0.2) is 0 Å². The number of fused-ring (bicyclic) bond motifs is 2. The molecule has 3 unspecified atom stereocenters. The lowest BCUT2D eigenvalue weighted by molar-refractivity contribution is -0.122. The minimum atomic E-state index is 0.216. The number of nitrogens with one attached hydrogen (secondary N) is 2. The van der Waals surface area contributed by atoms with E-state index in [1.807, 2.05) is 0 Å². The highest BCUT2D eigenvalue weighted by Crippen LogP contribution is 2.33. The summed E-state index contributed by atoms with van der Waals surface area (Å²) in [6.45, 7) is 5.12. The first-order chi connectivity index (χ1) is 9.63. The van der Waals surface area contributed by atoms with Crippen LogP contribution in [0.2, 0.25) is 0 Å². The predicted molar refractivity (Wildman–Crippen MR) is 82.7 cm³/mol. The SMILES string of the molecule is CCC(C)NC(=O)CCN1C2CCCC1CC(NC)C2. The Bertz CT molecular complexity index is 307. The molecular formula is C16H31N3O. The molecule has 0 radical (unpaired) electrons. The van der Waals surface area contributed by atoms with Gasteiger partial charge >= 0.3 is 0 Å². The number of amides is 1. The second-order valence-corrected chi connectivity index (χ2v) is 6.56. The normalized spacial score (nSPS) is 31.9. The number of nitrogens with zero attached hydrogens (tertiary/aromatic N) is 1. The number of piperidine rings is 2. The van der Waals surface area contributed by atoms with Crippen LogP contribution < -0.4 is 10.6 Å². The molecule has 1 amide bonds.